The zero-order chi connectivity index (χ0) is 22.8. The van der Waals surface area contributed by atoms with Crippen molar-refractivity contribution in [1.29, 1.82) is 0 Å². The van der Waals surface area contributed by atoms with Crippen LogP contribution < -0.4 is 5.32 Å². The molecule has 2 fully saturated rings. The number of morpholine rings is 1. The Balaban J connectivity index is 1.38. The van der Waals surface area contributed by atoms with Gasteiger partial charge in [-0.3, -0.25) is 9.69 Å². The van der Waals surface area contributed by atoms with Crippen LogP contribution in [-0.4, -0.2) is 70.6 Å². The number of aromatic nitrogens is 3. The number of benzene rings is 1. The first-order valence-electron chi connectivity index (χ1n) is 11.8. The maximum absolute atomic E-state index is 12.9. The van der Waals surface area contributed by atoms with E-state index in [1.807, 2.05) is 12.3 Å². The van der Waals surface area contributed by atoms with Crippen LogP contribution >= 0.6 is 0 Å². The molecule has 8 nitrogen and oxygen atoms in total. The minimum absolute atomic E-state index is 0.00488. The fraction of sp³-hybridized carbons (Fsp3) is 0.480. The molecule has 1 aliphatic heterocycles. The second kappa shape index (κ2) is 9.49. The molecule has 5 rings (SSSR count). The van der Waals surface area contributed by atoms with E-state index in [2.05, 4.69) is 44.0 Å². The van der Waals surface area contributed by atoms with Gasteiger partial charge in [0.2, 0.25) is 5.95 Å². The molecule has 1 saturated heterocycles. The van der Waals surface area contributed by atoms with Crippen molar-refractivity contribution in [3.63, 3.8) is 0 Å². The van der Waals surface area contributed by atoms with Crippen LogP contribution in [0.25, 0.3) is 11.0 Å². The first-order valence-corrected chi connectivity index (χ1v) is 11.8. The number of ether oxygens (including phenoxy) is 1. The van der Waals surface area contributed by atoms with Gasteiger partial charge in [-0.15, -0.1) is 0 Å². The zero-order valence-electron chi connectivity index (χ0n) is 19.5. The van der Waals surface area contributed by atoms with E-state index in [4.69, 9.17) is 9.72 Å². The average Bonchev–Trinajstić information content (AvgIpc) is 3.48. The van der Waals surface area contributed by atoms with Crippen LogP contribution in [0.3, 0.4) is 0 Å². The molecule has 2 aromatic heterocycles. The molecule has 8 heteroatoms. The summed E-state index contributed by atoms with van der Waals surface area (Å²) in [5.41, 5.74) is 3.75. The van der Waals surface area contributed by atoms with Gasteiger partial charge in [0.05, 0.1) is 13.2 Å². The molecule has 0 unspecified atom stereocenters. The van der Waals surface area contributed by atoms with Gasteiger partial charge in [-0.1, -0.05) is 25.0 Å². The summed E-state index contributed by atoms with van der Waals surface area (Å²) in [4.78, 5) is 26.3. The number of nitrogens with one attached hydrogen (secondary N) is 1. The summed E-state index contributed by atoms with van der Waals surface area (Å²) in [5, 5.41) is 4.24. The first-order chi connectivity index (χ1) is 16.1. The van der Waals surface area contributed by atoms with Crippen LogP contribution in [0.5, 0.6) is 0 Å². The number of hydrogen-bond donors (Lipinski definition) is 1. The predicted molar refractivity (Wildman–Crippen MR) is 129 cm³/mol. The minimum Gasteiger partial charge on any atom is -0.379 e. The van der Waals surface area contributed by atoms with Crippen molar-refractivity contribution in [1.82, 2.24) is 24.3 Å². The lowest BCUT2D eigenvalue weighted by atomic mass is 10.2. The summed E-state index contributed by atoms with van der Waals surface area (Å²) < 4.78 is 7.57. The van der Waals surface area contributed by atoms with Crippen molar-refractivity contribution >= 4 is 28.6 Å². The van der Waals surface area contributed by atoms with E-state index in [-0.39, 0.29) is 5.91 Å². The van der Waals surface area contributed by atoms with Crippen LogP contribution in [-0.2, 0) is 11.3 Å². The summed E-state index contributed by atoms with van der Waals surface area (Å²) in [6.07, 6.45) is 6.35. The molecule has 33 heavy (non-hydrogen) atoms. The fourth-order valence-corrected chi connectivity index (χ4v) is 4.83. The molecule has 3 aromatic rings. The normalized spacial score (nSPS) is 17.5. The lowest BCUT2D eigenvalue weighted by Crippen LogP contribution is -2.35. The molecule has 1 aromatic carbocycles. The van der Waals surface area contributed by atoms with Gasteiger partial charge in [0.1, 0.15) is 11.3 Å². The van der Waals surface area contributed by atoms with Gasteiger partial charge >= 0.3 is 0 Å². The van der Waals surface area contributed by atoms with Gasteiger partial charge in [0.15, 0.2) is 0 Å². The monoisotopic (exact) mass is 448 g/mol. The van der Waals surface area contributed by atoms with Crippen molar-refractivity contribution in [2.75, 3.05) is 45.7 Å². The molecule has 0 spiro atoms. The summed E-state index contributed by atoms with van der Waals surface area (Å²) in [6, 6.07) is 10.7. The van der Waals surface area contributed by atoms with Gasteiger partial charge in [-0.05, 0) is 36.6 Å². The van der Waals surface area contributed by atoms with Gasteiger partial charge in [-0.2, -0.15) is 4.98 Å². The lowest BCUT2D eigenvalue weighted by Gasteiger charge is -2.26. The van der Waals surface area contributed by atoms with Crippen molar-refractivity contribution in [2.24, 2.45) is 0 Å². The second-order valence-electron chi connectivity index (χ2n) is 9.22. The van der Waals surface area contributed by atoms with Crippen molar-refractivity contribution in [3.05, 3.63) is 47.8 Å². The highest BCUT2D eigenvalue weighted by Gasteiger charge is 2.26. The van der Waals surface area contributed by atoms with E-state index in [9.17, 15) is 4.79 Å². The minimum atomic E-state index is 0.00488. The summed E-state index contributed by atoms with van der Waals surface area (Å²) >= 11 is 0. The standard InChI is InChI=1S/C25H32N6O2/c1-29(2)24(32)22-15-19-16-26-25(28-23(19)31(22)21-5-3-4-6-21)27-20-9-7-18(8-10-20)17-30-11-13-33-14-12-30/h7-10,15-16,21H,3-6,11-14,17H2,1-2H3,(H,26,27,28). The zero-order valence-corrected chi connectivity index (χ0v) is 19.5. The molecule has 0 radical (unpaired) electrons. The van der Waals surface area contributed by atoms with Gasteiger partial charge in [0, 0.05) is 57.0 Å². The molecular weight excluding hydrogens is 416 g/mol. The van der Waals surface area contributed by atoms with Crippen LogP contribution in [0.4, 0.5) is 11.6 Å². The SMILES string of the molecule is CN(C)C(=O)c1cc2cnc(Nc3ccc(CN4CCOCC4)cc3)nc2n1C1CCCC1. The Morgan fingerprint density at radius 1 is 1.15 bits per heavy atom. The molecule has 174 valence electrons. The third-order valence-electron chi connectivity index (χ3n) is 6.61. The maximum atomic E-state index is 12.9. The number of hydrogen-bond acceptors (Lipinski definition) is 6. The van der Waals surface area contributed by atoms with Crippen molar-refractivity contribution in [2.45, 2.75) is 38.3 Å². The molecule has 1 aliphatic carbocycles. The highest BCUT2D eigenvalue weighted by atomic mass is 16.5. The Morgan fingerprint density at radius 3 is 2.58 bits per heavy atom. The number of nitrogens with zero attached hydrogens (tertiary/aromatic N) is 5. The summed E-state index contributed by atoms with van der Waals surface area (Å²) in [6.45, 7) is 4.51. The maximum Gasteiger partial charge on any atom is 0.270 e. The highest BCUT2D eigenvalue weighted by Crippen LogP contribution is 2.35. The Morgan fingerprint density at radius 2 is 1.88 bits per heavy atom. The Bertz CT molecular complexity index is 1110. The molecular formula is C25H32N6O2. The quantitative estimate of drug-likeness (QED) is 0.618. The van der Waals surface area contributed by atoms with E-state index < -0.39 is 0 Å². The number of fused-ring (bicyclic) bond motifs is 1. The Kier molecular flexibility index (Phi) is 6.28. The predicted octanol–water partition coefficient (Wildman–Crippen LogP) is 3.82. The van der Waals surface area contributed by atoms with Crippen LogP contribution in [0.1, 0.15) is 47.8 Å². The Hall–Kier alpha value is -2.97. The van der Waals surface area contributed by atoms with E-state index in [0.717, 1.165) is 62.4 Å². The fourth-order valence-electron chi connectivity index (χ4n) is 4.83. The largest absolute Gasteiger partial charge is 0.379 e. The molecule has 1 saturated carbocycles. The van der Waals surface area contributed by atoms with E-state index in [0.29, 0.717) is 17.7 Å². The number of amides is 1. The molecule has 2 aliphatic rings. The molecule has 3 heterocycles. The number of carbonyl (C=O) groups is 1. The Labute approximate surface area is 194 Å². The number of anilines is 2. The van der Waals surface area contributed by atoms with Gasteiger partial charge in [-0.25, -0.2) is 4.98 Å². The molecule has 0 bridgehead atoms. The van der Waals surface area contributed by atoms with E-state index in [1.165, 1.54) is 18.4 Å². The third kappa shape index (κ3) is 4.72. The van der Waals surface area contributed by atoms with Crippen molar-refractivity contribution < 1.29 is 9.53 Å². The molecule has 0 atom stereocenters. The first kappa shape index (κ1) is 21.9. The summed E-state index contributed by atoms with van der Waals surface area (Å²) in [7, 11) is 3.58. The average molecular weight is 449 g/mol. The number of rotatable bonds is 6. The van der Waals surface area contributed by atoms with Gasteiger partial charge in [0.25, 0.3) is 5.91 Å². The van der Waals surface area contributed by atoms with E-state index in [1.54, 1.807) is 19.0 Å². The lowest BCUT2D eigenvalue weighted by molar-refractivity contribution is 0.0342. The van der Waals surface area contributed by atoms with Crippen molar-refractivity contribution in [3.8, 4) is 0 Å². The van der Waals surface area contributed by atoms with Crippen LogP contribution in [0.2, 0.25) is 0 Å². The van der Waals surface area contributed by atoms with Crippen LogP contribution in [0.15, 0.2) is 36.5 Å². The van der Waals surface area contributed by atoms with Gasteiger partial charge < -0.3 is 19.5 Å². The number of carbonyl (C=O) groups excluding carboxylic acids is 1. The second-order valence-corrected chi connectivity index (χ2v) is 9.22. The van der Waals surface area contributed by atoms with E-state index >= 15 is 0 Å². The molecule has 1 amide bonds. The third-order valence-corrected chi connectivity index (χ3v) is 6.61. The molecule has 1 N–H and O–H groups in total. The summed E-state index contributed by atoms with van der Waals surface area (Å²) in [5.74, 6) is 0.551. The topological polar surface area (TPSA) is 75.5 Å². The highest BCUT2D eigenvalue weighted by molar-refractivity contribution is 5.97. The smallest absolute Gasteiger partial charge is 0.270 e. The van der Waals surface area contributed by atoms with Crippen LogP contribution in [0, 0.1) is 0 Å².